The Kier molecular flexibility index (Phi) is 4.81. The third-order valence-electron chi connectivity index (χ3n) is 0.500. The van der Waals surface area contributed by atoms with E-state index in [0.29, 0.717) is 0 Å². The van der Waals surface area contributed by atoms with Crippen LogP contribution in [0, 0.1) is 0 Å². The zero-order valence-corrected chi connectivity index (χ0v) is 5.95. The van der Waals surface area contributed by atoms with Crippen molar-refractivity contribution in [3.63, 3.8) is 0 Å². The number of alkyl halides is 3. The molecule has 0 N–H and O–H groups in total. The molecule has 5 heteroatoms. The topological polar surface area (TPSA) is 26.3 Å². The van der Waals surface area contributed by atoms with E-state index in [1.165, 1.54) is 0 Å². The quantitative estimate of drug-likeness (QED) is 0.477. The molecule has 0 aliphatic carbocycles. The van der Waals surface area contributed by atoms with Crippen LogP contribution < -0.4 is 0 Å². The third kappa shape index (κ3) is 4.48. The van der Waals surface area contributed by atoms with Crippen molar-refractivity contribution < 1.29 is 13.9 Å². The van der Waals surface area contributed by atoms with Crippen LogP contribution in [0.1, 0.15) is 0 Å². The highest BCUT2D eigenvalue weighted by Gasteiger charge is 2.13. The van der Waals surface area contributed by atoms with E-state index in [1.54, 1.807) is 0 Å². The fourth-order valence-corrected chi connectivity index (χ4v) is 0.342. The van der Waals surface area contributed by atoms with E-state index in [-0.39, 0.29) is 12.5 Å². The minimum atomic E-state index is -2.08. The van der Waals surface area contributed by atoms with Crippen molar-refractivity contribution in [3.8, 4) is 0 Å². The summed E-state index contributed by atoms with van der Waals surface area (Å²) >= 11 is 9.79. The van der Waals surface area contributed by atoms with Gasteiger partial charge >= 0.3 is 5.97 Å². The zero-order chi connectivity index (χ0) is 7.28. The lowest BCUT2D eigenvalue weighted by atomic mass is 10.7. The zero-order valence-electron chi connectivity index (χ0n) is 4.44. The molecular weight excluding hydrogens is 170 g/mol. The van der Waals surface area contributed by atoms with Gasteiger partial charge in [-0.25, -0.2) is 9.18 Å². The van der Waals surface area contributed by atoms with Gasteiger partial charge in [-0.3, -0.25) is 0 Å². The Balaban J connectivity index is 3.28. The number of ether oxygens (including phenoxy) is 1. The average molecular weight is 175 g/mol. The normalized spacial score (nSPS) is 12.8. The first-order valence-corrected chi connectivity index (χ1v) is 3.16. The highest BCUT2D eigenvalue weighted by atomic mass is 35.5. The molecule has 1 unspecified atom stereocenters. The molecule has 0 aromatic carbocycles. The molecule has 2 nitrogen and oxygen atoms in total. The maximum Gasteiger partial charge on any atom is 0.356 e. The van der Waals surface area contributed by atoms with E-state index >= 15 is 0 Å². The van der Waals surface area contributed by atoms with Gasteiger partial charge in [-0.1, -0.05) is 11.6 Å². The number of hydrogen-bond acceptors (Lipinski definition) is 2. The van der Waals surface area contributed by atoms with Crippen molar-refractivity contribution in [2.24, 2.45) is 0 Å². The predicted octanol–water partition coefficient (Wildman–Crippen LogP) is 1.30. The summed E-state index contributed by atoms with van der Waals surface area (Å²) in [7, 11) is 0. The van der Waals surface area contributed by atoms with E-state index in [2.05, 4.69) is 16.3 Å². The van der Waals surface area contributed by atoms with E-state index in [4.69, 9.17) is 11.6 Å². The van der Waals surface area contributed by atoms with Crippen LogP contribution in [0.5, 0.6) is 0 Å². The number of carbonyl (C=O) groups is 1. The van der Waals surface area contributed by atoms with Crippen molar-refractivity contribution in [2.45, 2.75) is 5.63 Å². The van der Waals surface area contributed by atoms with Crippen LogP contribution in [0.2, 0.25) is 0 Å². The summed E-state index contributed by atoms with van der Waals surface area (Å²) in [5.41, 5.74) is -2.08. The van der Waals surface area contributed by atoms with E-state index < -0.39 is 11.6 Å². The second-order valence-corrected chi connectivity index (χ2v) is 1.92. The van der Waals surface area contributed by atoms with E-state index in [9.17, 15) is 9.18 Å². The standard InChI is InChI=1S/C4H5Cl2FO2/c5-1-2-9-4(8)3(6)7/h3H,1-2H2. The molecule has 0 radical (unpaired) electrons. The SMILES string of the molecule is O=C(OCCCl)C(F)Cl. The minimum Gasteiger partial charge on any atom is -0.461 e. The fourth-order valence-electron chi connectivity index (χ4n) is 0.202. The maximum atomic E-state index is 11.7. The highest BCUT2D eigenvalue weighted by molar-refractivity contribution is 6.28. The second kappa shape index (κ2) is 4.82. The first kappa shape index (κ1) is 8.98. The lowest BCUT2D eigenvalue weighted by Crippen LogP contribution is -2.14. The molecule has 9 heavy (non-hydrogen) atoms. The summed E-state index contributed by atoms with van der Waals surface area (Å²) < 4.78 is 15.8. The molecule has 0 aliphatic heterocycles. The molecule has 1 atom stereocenters. The van der Waals surface area contributed by atoms with Gasteiger partial charge < -0.3 is 4.74 Å². The molecule has 0 spiro atoms. The Morgan fingerprint density at radius 3 is 2.67 bits per heavy atom. The molecular formula is C4H5Cl2FO2. The summed E-state index contributed by atoms with van der Waals surface area (Å²) in [4.78, 5) is 10.1. The van der Waals surface area contributed by atoms with Crippen LogP contribution in [0.25, 0.3) is 0 Å². The number of hydrogen-bond donors (Lipinski definition) is 0. The van der Waals surface area contributed by atoms with Crippen molar-refractivity contribution in [2.75, 3.05) is 12.5 Å². The summed E-state index contributed by atoms with van der Waals surface area (Å²) in [6, 6.07) is 0. The van der Waals surface area contributed by atoms with E-state index in [1.807, 2.05) is 0 Å². The predicted molar refractivity (Wildman–Crippen MR) is 32.4 cm³/mol. The molecule has 0 aromatic rings. The molecule has 0 aliphatic rings. The molecule has 0 rings (SSSR count). The van der Waals surface area contributed by atoms with Gasteiger partial charge in [-0.05, 0) is 0 Å². The molecule has 0 heterocycles. The van der Waals surface area contributed by atoms with Gasteiger partial charge in [0.15, 0.2) is 0 Å². The van der Waals surface area contributed by atoms with Crippen LogP contribution in [0.4, 0.5) is 4.39 Å². The Morgan fingerprint density at radius 1 is 1.78 bits per heavy atom. The molecule has 0 fully saturated rings. The van der Waals surface area contributed by atoms with Crippen molar-refractivity contribution in [1.29, 1.82) is 0 Å². The average Bonchev–Trinajstić information content (AvgIpc) is 1.82. The molecule has 0 saturated carbocycles. The summed E-state index contributed by atoms with van der Waals surface area (Å²) in [5, 5.41) is 0. The third-order valence-corrected chi connectivity index (χ3v) is 0.832. The molecule has 54 valence electrons. The maximum absolute atomic E-state index is 11.7. The smallest absolute Gasteiger partial charge is 0.356 e. The van der Waals surface area contributed by atoms with E-state index in [0.717, 1.165) is 0 Å². The Bertz CT molecular complexity index is 96.6. The van der Waals surface area contributed by atoms with Gasteiger partial charge in [0.1, 0.15) is 6.61 Å². The van der Waals surface area contributed by atoms with Gasteiger partial charge in [0, 0.05) is 0 Å². The first-order valence-electron chi connectivity index (χ1n) is 2.19. The first-order chi connectivity index (χ1) is 4.18. The van der Waals surface area contributed by atoms with Gasteiger partial charge in [-0.15, -0.1) is 11.6 Å². The molecule has 0 saturated heterocycles. The van der Waals surface area contributed by atoms with Gasteiger partial charge in [-0.2, -0.15) is 0 Å². The highest BCUT2D eigenvalue weighted by Crippen LogP contribution is 1.99. The summed E-state index contributed by atoms with van der Waals surface area (Å²) in [6.45, 7) is -0.00642. The Labute approximate surface area is 61.9 Å². The van der Waals surface area contributed by atoms with Gasteiger partial charge in [0.2, 0.25) is 0 Å². The second-order valence-electron chi connectivity index (χ2n) is 1.16. The molecule has 0 bridgehead atoms. The summed E-state index contributed by atoms with van der Waals surface area (Å²) in [6.07, 6.45) is 0. The van der Waals surface area contributed by atoms with Crippen molar-refractivity contribution >= 4 is 29.2 Å². The van der Waals surface area contributed by atoms with Crippen LogP contribution in [-0.2, 0) is 9.53 Å². The van der Waals surface area contributed by atoms with Crippen LogP contribution >= 0.6 is 23.2 Å². The van der Waals surface area contributed by atoms with Gasteiger partial charge in [0.05, 0.1) is 5.88 Å². The number of carbonyl (C=O) groups excluding carboxylic acids is 1. The van der Waals surface area contributed by atoms with Crippen molar-refractivity contribution in [3.05, 3.63) is 0 Å². The Hall–Kier alpha value is -0.0200. The van der Waals surface area contributed by atoms with Crippen LogP contribution in [0.3, 0.4) is 0 Å². The largest absolute Gasteiger partial charge is 0.461 e. The monoisotopic (exact) mass is 174 g/mol. The molecule has 0 amide bonds. The molecule has 0 aromatic heterocycles. The summed E-state index contributed by atoms with van der Waals surface area (Å²) in [5.74, 6) is -0.938. The number of esters is 1. The van der Waals surface area contributed by atoms with Crippen molar-refractivity contribution in [1.82, 2.24) is 0 Å². The lowest BCUT2D eigenvalue weighted by molar-refractivity contribution is -0.145. The van der Waals surface area contributed by atoms with Gasteiger partial charge in [0.25, 0.3) is 5.63 Å². The van der Waals surface area contributed by atoms with Crippen LogP contribution in [-0.4, -0.2) is 24.1 Å². The lowest BCUT2D eigenvalue weighted by Gasteiger charge is -1.99. The number of halogens is 3. The number of rotatable bonds is 3. The fraction of sp³-hybridized carbons (Fsp3) is 0.750. The van der Waals surface area contributed by atoms with Crippen LogP contribution in [0.15, 0.2) is 0 Å². The minimum absolute atomic E-state index is 0.00642. The Morgan fingerprint density at radius 2 is 2.33 bits per heavy atom.